The molecule has 2 N–H and O–H groups in total. The zero-order chi connectivity index (χ0) is 21.4. The molecule has 1 saturated heterocycles. The Balaban J connectivity index is 1.64. The number of fused-ring (bicyclic) bond motifs is 1. The lowest BCUT2D eigenvalue weighted by molar-refractivity contribution is 0.0619. The standard InChI is InChI=1S/C23H30N4O2S/c1-14(2)20-21(17-11-15(3)24-16(4)12-17)25-18-13-19(30-22(18)20)23(29)27-7-5-26(6-8-27)9-10-28/h11-14,25,28H,5-10H2,1-4H3. The maximum Gasteiger partial charge on any atom is 0.264 e. The first kappa shape index (κ1) is 21.0. The van der Waals surface area contributed by atoms with Crippen LogP contribution in [-0.2, 0) is 0 Å². The van der Waals surface area contributed by atoms with Crippen LogP contribution in [0.4, 0.5) is 0 Å². The number of hydrogen-bond acceptors (Lipinski definition) is 5. The largest absolute Gasteiger partial charge is 0.395 e. The van der Waals surface area contributed by atoms with Crippen molar-refractivity contribution < 1.29 is 9.90 Å². The Kier molecular flexibility index (Phi) is 5.95. The van der Waals surface area contributed by atoms with Gasteiger partial charge in [0, 0.05) is 49.7 Å². The van der Waals surface area contributed by atoms with Gasteiger partial charge in [0.25, 0.3) is 5.91 Å². The highest BCUT2D eigenvalue weighted by atomic mass is 32.1. The summed E-state index contributed by atoms with van der Waals surface area (Å²) in [6, 6.07) is 6.25. The third-order valence-electron chi connectivity index (χ3n) is 5.74. The Hall–Kier alpha value is -2.22. The van der Waals surface area contributed by atoms with Crippen LogP contribution in [0.3, 0.4) is 0 Å². The molecule has 160 valence electrons. The van der Waals surface area contributed by atoms with Crippen LogP contribution in [0.1, 0.15) is 46.4 Å². The van der Waals surface area contributed by atoms with Gasteiger partial charge in [0.1, 0.15) is 0 Å². The van der Waals surface area contributed by atoms with Gasteiger partial charge in [0.05, 0.1) is 27.4 Å². The highest BCUT2D eigenvalue weighted by Crippen LogP contribution is 2.40. The van der Waals surface area contributed by atoms with Crippen molar-refractivity contribution in [3.05, 3.63) is 40.0 Å². The van der Waals surface area contributed by atoms with E-state index in [4.69, 9.17) is 5.11 Å². The third-order valence-corrected chi connectivity index (χ3v) is 6.90. The van der Waals surface area contributed by atoms with Gasteiger partial charge in [-0.3, -0.25) is 14.7 Å². The van der Waals surface area contributed by atoms with E-state index in [9.17, 15) is 4.79 Å². The van der Waals surface area contributed by atoms with Crippen molar-refractivity contribution in [1.29, 1.82) is 0 Å². The normalized spacial score (nSPS) is 15.5. The van der Waals surface area contributed by atoms with Crippen LogP contribution in [0, 0.1) is 13.8 Å². The average molecular weight is 427 g/mol. The molecule has 1 amide bonds. The molecule has 3 aromatic heterocycles. The molecular formula is C23H30N4O2S. The number of aromatic amines is 1. The number of nitrogens with zero attached hydrogens (tertiary/aromatic N) is 3. The van der Waals surface area contributed by atoms with Gasteiger partial charge in [0.15, 0.2) is 0 Å². The van der Waals surface area contributed by atoms with E-state index in [-0.39, 0.29) is 12.5 Å². The Morgan fingerprint density at radius 2 is 1.83 bits per heavy atom. The van der Waals surface area contributed by atoms with Gasteiger partial charge in [-0.1, -0.05) is 13.8 Å². The number of carbonyl (C=O) groups is 1. The summed E-state index contributed by atoms with van der Waals surface area (Å²) in [5.74, 6) is 0.450. The molecule has 6 nitrogen and oxygen atoms in total. The smallest absolute Gasteiger partial charge is 0.264 e. The molecular weight excluding hydrogens is 396 g/mol. The van der Waals surface area contributed by atoms with Gasteiger partial charge in [-0.2, -0.15) is 0 Å². The van der Waals surface area contributed by atoms with Crippen molar-refractivity contribution in [3.63, 3.8) is 0 Å². The summed E-state index contributed by atoms with van der Waals surface area (Å²) in [5.41, 5.74) is 6.61. The number of aliphatic hydroxyl groups is 1. The van der Waals surface area contributed by atoms with Crippen molar-refractivity contribution in [3.8, 4) is 11.3 Å². The zero-order valence-electron chi connectivity index (χ0n) is 18.2. The summed E-state index contributed by atoms with van der Waals surface area (Å²) in [5, 5.41) is 9.11. The third kappa shape index (κ3) is 4.02. The number of carbonyl (C=O) groups excluding carboxylic acids is 1. The van der Waals surface area contributed by atoms with Gasteiger partial charge >= 0.3 is 0 Å². The molecule has 0 saturated carbocycles. The van der Waals surface area contributed by atoms with Crippen LogP contribution in [0.25, 0.3) is 21.5 Å². The molecule has 0 spiro atoms. The summed E-state index contributed by atoms with van der Waals surface area (Å²) in [7, 11) is 0. The first-order chi connectivity index (χ1) is 14.4. The van der Waals surface area contributed by atoms with Crippen LogP contribution in [0.15, 0.2) is 18.2 Å². The fourth-order valence-electron chi connectivity index (χ4n) is 4.33. The highest BCUT2D eigenvalue weighted by Gasteiger charge is 2.25. The number of pyridine rings is 1. The lowest BCUT2D eigenvalue weighted by Gasteiger charge is -2.34. The first-order valence-corrected chi connectivity index (χ1v) is 11.4. The number of aryl methyl sites for hydroxylation is 2. The Morgan fingerprint density at radius 1 is 1.17 bits per heavy atom. The number of piperazine rings is 1. The second-order valence-corrected chi connectivity index (χ2v) is 9.47. The Labute approximate surface area is 181 Å². The number of thiophene rings is 1. The number of hydrogen-bond donors (Lipinski definition) is 2. The lowest BCUT2D eigenvalue weighted by atomic mass is 9.99. The fourth-order valence-corrected chi connectivity index (χ4v) is 5.61. The van der Waals surface area contributed by atoms with Gasteiger partial charge in [-0.15, -0.1) is 11.3 Å². The number of aliphatic hydroxyl groups excluding tert-OH is 1. The highest BCUT2D eigenvalue weighted by molar-refractivity contribution is 7.21. The second-order valence-electron chi connectivity index (χ2n) is 8.42. The number of aromatic nitrogens is 2. The second kappa shape index (κ2) is 8.49. The van der Waals surface area contributed by atoms with Crippen molar-refractivity contribution in [2.45, 2.75) is 33.6 Å². The molecule has 0 bridgehead atoms. The monoisotopic (exact) mass is 426 g/mol. The number of rotatable bonds is 5. The van der Waals surface area contributed by atoms with Crippen LogP contribution in [0.5, 0.6) is 0 Å². The van der Waals surface area contributed by atoms with Crippen molar-refractivity contribution in [2.24, 2.45) is 0 Å². The molecule has 30 heavy (non-hydrogen) atoms. The van der Waals surface area contributed by atoms with E-state index >= 15 is 0 Å². The van der Waals surface area contributed by atoms with E-state index in [1.165, 1.54) is 10.3 Å². The predicted octanol–water partition coefficient (Wildman–Crippen LogP) is 3.78. The molecule has 4 rings (SSSR count). The van der Waals surface area contributed by atoms with E-state index in [0.717, 1.165) is 46.1 Å². The molecule has 1 aliphatic heterocycles. The zero-order valence-corrected chi connectivity index (χ0v) is 19.0. The van der Waals surface area contributed by atoms with Crippen LogP contribution in [-0.4, -0.2) is 70.1 Å². The summed E-state index contributed by atoms with van der Waals surface area (Å²) in [4.78, 5) is 26.1. The van der Waals surface area contributed by atoms with E-state index < -0.39 is 0 Å². The van der Waals surface area contributed by atoms with Crippen LogP contribution in [0.2, 0.25) is 0 Å². The van der Waals surface area contributed by atoms with Crippen molar-refractivity contribution in [1.82, 2.24) is 19.8 Å². The molecule has 0 unspecified atom stereocenters. The molecule has 0 aromatic carbocycles. The van der Waals surface area contributed by atoms with Gasteiger partial charge in [-0.25, -0.2) is 0 Å². The van der Waals surface area contributed by atoms with Gasteiger partial charge in [-0.05, 0) is 43.5 Å². The molecule has 0 aliphatic carbocycles. The summed E-state index contributed by atoms with van der Waals surface area (Å²) >= 11 is 1.60. The molecule has 3 aromatic rings. The summed E-state index contributed by atoms with van der Waals surface area (Å²) in [6.07, 6.45) is 0. The molecule has 4 heterocycles. The minimum Gasteiger partial charge on any atom is -0.395 e. The lowest BCUT2D eigenvalue weighted by Crippen LogP contribution is -2.49. The van der Waals surface area contributed by atoms with Crippen molar-refractivity contribution in [2.75, 3.05) is 39.3 Å². The maximum atomic E-state index is 13.1. The fraction of sp³-hybridized carbons (Fsp3) is 0.478. The van der Waals surface area contributed by atoms with E-state index in [1.807, 2.05) is 24.8 Å². The van der Waals surface area contributed by atoms with E-state index in [0.29, 0.717) is 25.6 Å². The van der Waals surface area contributed by atoms with E-state index in [2.05, 4.69) is 40.8 Å². The van der Waals surface area contributed by atoms with Crippen LogP contribution >= 0.6 is 11.3 Å². The van der Waals surface area contributed by atoms with Crippen LogP contribution < -0.4 is 0 Å². The average Bonchev–Trinajstić information content (AvgIpc) is 3.25. The number of nitrogens with one attached hydrogen (secondary N) is 1. The minimum absolute atomic E-state index is 0.111. The van der Waals surface area contributed by atoms with E-state index in [1.54, 1.807) is 11.3 Å². The number of H-pyrrole nitrogens is 1. The minimum atomic E-state index is 0.111. The SMILES string of the molecule is Cc1cc(-c2[nH]c3cc(C(=O)N4CCN(CCO)CC4)sc3c2C(C)C)cc(C)n1. The van der Waals surface area contributed by atoms with Crippen molar-refractivity contribution >= 4 is 27.5 Å². The molecule has 0 atom stereocenters. The Morgan fingerprint density at radius 3 is 2.43 bits per heavy atom. The van der Waals surface area contributed by atoms with Gasteiger partial charge in [0.2, 0.25) is 0 Å². The summed E-state index contributed by atoms with van der Waals surface area (Å²) < 4.78 is 1.18. The molecule has 7 heteroatoms. The summed E-state index contributed by atoms with van der Waals surface area (Å²) in [6.45, 7) is 12.4. The molecule has 1 aliphatic rings. The Bertz CT molecular complexity index is 1040. The molecule has 1 fully saturated rings. The maximum absolute atomic E-state index is 13.1. The quantitative estimate of drug-likeness (QED) is 0.651. The first-order valence-electron chi connectivity index (χ1n) is 10.6. The predicted molar refractivity (Wildman–Crippen MR) is 122 cm³/mol. The molecule has 0 radical (unpaired) electrons. The number of amides is 1. The topological polar surface area (TPSA) is 72.5 Å². The number of β-amino-alcohol motifs (C(OH)–C–C–N with tert-alkyl or cyclic N) is 1. The van der Waals surface area contributed by atoms with Gasteiger partial charge < -0.3 is 15.0 Å².